The van der Waals surface area contributed by atoms with Gasteiger partial charge in [0.2, 0.25) is 17.7 Å². The first-order chi connectivity index (χ1) is 31.3. The predicted octanol–water partition coefficient (Wildman–Crippen LogP) is 3.98. The second-order valence-electron chi connectivity index (χ2n) is 20.4. The van der Waals surface area contributed by atoms with Gasteiger partial charge in [0.1, 0.15) is 35.6 Å². The van der Waals surface area contributed by atoms with Gasteiger partial charge in [-0.3, -0.25) is 29.4 Å². The van der Waals surface area contributed by atoms with Crippen LogP contribution in [0.15, 0.2) is 42.7 Å². The van der Waals surface area contributed by atoms with Crippen molar-refractivity contribution in [2.24, 2.45) is 17.3 Å². The topological polar surface area (TPSA) is 150 Å². The molecule has 3 atom stereocenters. The van der Waals surface area contributed by atoms with E-state index in [0.29, 0.717) is 74.9 Å². The van der Waals surface area contributed by atoms with Crippen LogP contribution in [0.25, 0.3) is 0 Å². The zero-order chi connectivity index (χ0) is 45.0. The molecular weight excluding hydrogens is 833 g/mol. The lowest BCUT2D eigenvalue weighted by Gasteiger charge is -2.48. The second kappa shape index (κ2) is 17.4. The number of halogens is 2. The summed E-state index contributed by atoms with van der Waals surface area (Å²) >= 11 is 0. The number of imide groups is 1. The highest BCUT2D eigenvalue weighted by Crippen LogP contribution is 2.40. The van der Waals surface area contributed by atoms with Crippen molar-refractivity contribution in [1.82, 2.24) is 35.3 Å². The Hall–Kier alpha value is -5.42. The Morgan fingerprint density at radius 3 is 2.32 bits per heavy atom. The van der Waals surface area contributed by atoms with Gasteiger partial charge in [0.15, 0.2) is 0 Å². The summed E-state index contributed by atoms with van der Waals surface area (Å²) < 4.78 is 31.2. The van der Waals surface area contributed by atoms with Gasteiger partial charge in [0, 0.05) is 106 Å². The molecule has 8 heterocycles. The van der Waals surface area contributed by atoms with E-state index in [1.165, 1.54) is 12.1 Å². The third-order valence-corrected chi connectivity index (χ3v) is 15.4. The molecule has 65 heavy (non-hydrogen) atoms. The molecule has 2 aromatic carbocycles. The number of nitrogens with zero attached hydrogens (tertiary/aromatic N) is 8. The molecule has 3 N–H and O–H groups in total. The first-order valence-electron chi connectivity index (χ1n) is 23.6. The summed E-state index contributed by atoms with van der Waals surface area (Å²) in [6.45, 7) is 14.3. The fraction of sp³-hybridized carbons (Fsp3) is 0.583. The van der Waals surface area contributed by atoms with Crippen LogP contribution in [0.2, 0.25) is 0 Å². The SMILES string of the molecule is CC1(C)CCN(Cc2cc(F)c(N3CC(=O)NC4(CCN(c5cc(NCCCN6C[C@@H]7CN(c8cccc9c8CN(C8CCC(=O)NC8=O)C9=O)C[C@@H]7C6)ncn5)CC4)C3)cc2F)CC1. The van der Waals surface area contributed by atoms with E-state index in [0.717, 1.165) is 94.5 Å². The van der Waals surface area contributed by atoms with Gasteiger partial charge in [-0.2, -0.15) is 0 Å². The molecule has 0 saturated carbocycles. The number of piperidine rings is 3. The standard InChI is InChI=1S/C48H61F2N11O4/c1-47(2)9-15-56(16-10-47)22-31-19-37(50)40(20-36(31)49)60-28-44(63)55-48(29-60)11-17-58(18-12-48)42-21-41(52-30-53-42)51-13-4-14-57-23-32-25-59(26-33(32)24-57)38-6-3-5-34-35(38)27-61(46(34)65)39-7-8-43(62)54-45(39)64/h3,5-6,19-21,30,32-33,39H,4,7-18,22-29H2,1-2H3,(H,55,63)(H,51,52,53)(H,54,62,64)/t32-,33+,39?. The summed E-state index contributed by atoms with van der Waals surface area (Å²) in [6.07, 6.45) is 6.47. The van der Waals surface area contributed by atoms with E-state index in [9.17, 15) is 19.2 Å². The van der Waals surface area contributed by atoms with E-state index >= 15 is 8.78 Å². The van der Waals surface area contributed by atoms with Gasteiger partial charge in [-0.05, 0) is 93.6 Å². The maximum absolute atomic E-state index is 15.7. The largest absolute Gasteiger partial charge is 0.371 e. The molecule has 1 unspecified atom stereocenters. The summed E-state index contributed by atoms with van der Waals surface area (Å²) in [5.41, 5.74) is 2.93. The Bertz CT molecular complexity index is 2330. The minimum atomic E-state index is -0.621. The average Bonchev–Trinajstić information content (AvgIpc) is 3.96. The zero-order valence-electron chi connectivity index (χ0n) is 37.6. The molecule has 0 radical (unpaired) electrons. The van der Waals surface area contributed by atoms with E-state index in [1.807, 2.05) is 18.2 Å². The van der Waals surface area contributed by atoms with E-state index in [2.05, 4.69) is 65.4 Å². The highest BCUT2D eigenvalue weighted by Gasteiger charge is 2.45. The van der Waals surface area contributed by atoms with Crippen molar-refractivity contribution >= 4 is 46.6 Å². The number of carbonyl (C=O) groups is 4. The number of likely N-dealkylation sites (tertiary alicyclic amines) is 2. The monoisotopic (exact) mass is 893 g/mol. The van der Waals surface area contributed by atoms with E-state index in [-0.39, 0.29) is 47.7 Å². The molecule has 0 aliphatic carbocycles. The Balaban J connectivity index is 0.677. The second-order valence-corrected chi connectivity index (χ2v) is 20.4. The van der Waals surface area contributed by atoms with Crippen molar-refractivity contribution in [3.63, 3.8) is 0 Å². The highest BCUT2D eigenvalue weighted by molar-refractivity contribution is 6.06. The molecule has 6 saturated heterocycles. The number of amides is 4. The van der Waals surface area contributed by atoms with Crippen LogP contribution in [-0.2, 0) is 27.5 Å². The molecule has 4 amide bonds. The molecule has 3 aromatic rings. The summed E-state index contributed by atoms with van der Waals surface area (Å²) in [4.78, 5) is 72.6. The van der Waals surface area contributed by atoms with E-state index in [1.54, 1.807) is 16.1 Å². The smallest absolute Gasteiger partial charge is 0.255 e. The Labute approximate surface area is 379 Å². The van der Waals surface area contributed by atoms with Crippen LogP contribution >= 0.6 is 0 Å². The number of benzene rings is 2. The number of hydrogen-bond acceptors (Lipinski definition) is 12. The van der Waals surface area contributed by atoms with Crippen LogP contribution in [0.5, 0.6) is 0 Å². The fourth-order valence-electron chi connectivity index (χ4n) is 11.6. The third kappa shape index (κ3) is 8.97. The molecule has 10 rings (SSSR count). The Morgan fingerprint density at radius 2 is 1.57 bits per heavy atom. The average molecular weight is 894 g/mol. The van der Waals surface area contributed by atoms with Crippen LogP contribution < -0.4 is 30.7 Å². The van der Waals surface area contributed by atoms with Gasteiger partial charge in [-0.25, -0.2) is 18.7 Å². The van der Waals surface area contributed by atoms with Crippen molar-refractivity contribution in [2.45, 2.75) is 83.5 Å². The van der Waals surface area contributed by atoms with E-state index < -0.39 is 23.2 Å². The zero-order valence-corrected chi connectivity index (χ0v) is 37.6. The van der Waals surface area contributed by atoms with Crippen molar-refractivity contribution in [3.05, 3.63) is 71.1 Å². The van der Waals surface area contributed by atoms with E-state index in [4.69, 9.17) is 0 Å². The lowest BCUT2D eigenvalue weighted by atomic mass is 9.82. The highest BCUT2D eigenvalue weighted by atomic mass is 19.1. The number of hydrogen-bond donors (Lipinski definition) is 3. The molecule has 346 valence electrons. The van der Waals surface area contributed by atoms with Crippen LogP contribution in [0, 0.1) is 28.9 Å². The van der Waals surface area contributed by atoms with Crippen molar-refractivity contribution in [2.75, 3.05) is 98.6 Å². The molecule has 7 aliphatic rings. The molecule has 6 fully saturated rings. The summed E-state index contributed by atoms with van der Waals surface area (Å²) in [6, 6.07) is 9.84. The van der Waals surface area contributed by atoms with Crippen LogP contribution in [0.4, 0.5) is 31.8 Å². The summed E-state index contributed by atoms with van der Waals surface area (Å²) in [7, 11) is 0. The molecule has 15 nitrogen and oxygen atoms in total. The van der Waals surface area contributed by atoms with Gasteiger partial charge < -0.3 is 35.1 Å². The first kappa shape index (κ1) is 43.5. The number of aromatic nitrogens is 2. The van der Waals surface area contributed by atoms with Gasteiger partial charge in [0.05, 0.1) is 17.8 Å². The minimum Gasteiger partial charge on any atom is -0.371 e. The van der Waals surface area contributed by atoms with Gasteiger partial charge in [-0.1, -0.05) is 19.9 Å². The number of piperazine rings is 1. The Kier molecular flexibility index (Phi) is 11.7. The summed E-state index contributed by atoms with van der Waals surface area (Å²) in [5.74, 6) is 0.727. The van der Waals surface area contributed by atoms with Gasteiger partial charge in [-0.15, -0.1) is 0 Å². The number of carbonyl (C=O) groups excluding carboxylic acids is 4. The van der Waals surface area contributed by atoms with Gasteiger partial charge in [0.25, 0.3) is 5.91 Å². The predicted molar refractivity (Wildman–Crippen MR) is 242 cm³/mol. The summed E-state index contributed by atoms with van der Waals surface area (Å²) in [5, 5.41) is 9.10. The molecule has 7 aliphatic heterocycles. The van der Waals surface area contributed by atoms with Crippen molar-refractivity contribution < 1.29 is 28.0 Å². The lowest BCUT2D eigenvalue weighted by molar-refractivity contribution is -0.137. The Morgan fingerprint density at radius 1 is 0.800 bits per heavy atom. The van der Waals surface area contributed by atoms with Crippen molar-refractivity contribution in [3.8, 4) is 0 Å². The number of rotatable bonds is 11. The lowest BCUT2D eigenvalue weighted by Crippen LogP contribution is -2.66. The normalized spacial score (nSPS) is 25.6. The third-order valence-electron chi connectivity index (χ3n) is 15.4. The molecule has 1 aromatic heterocycles. The minimum absolute atomic E-state index is 0.0172. The van der Waals surface area contributed by atoms with Gasteiger partial charge >= 0.3 is 0 Å². The quantitative estimate of drug-likeness (QED) is 0.189. The van der Waals surface area contributed by atoms with Crippen LogP contribution in [0.1, 0.15) is 80.3 Å². The molecule has 1 spiro atoms. The van der Waals surface area contributed by atoms with Crippen LogP contribution in [0.3, 0.4) is 0 Å². The maximum atomic E-state index is 15.7. The molecule has 17 heteroatoms. The van der Waals surface area contributed by atoms with Crippen molar-refractivity contribution in [1.29, 1.82) is 0 Å². The number of nitrogens with one attached hydrogen (secondary N) is 3. The number of anilines is 4. The molecule has 0 bridgehead atoms. The number of fused-ring (bicyclic) bond motifs is 2. The molecular formula is C48H61F2N11O4. The fourth-order valence-corrected chi connectivity index (χ4v) is 11.6. The maximum Gasteiger partial charge on any atom is 0.255 e. The first-order valence-corrected chi connectivity index (χ1v) is 23.6. The van der Waals surface area contributed by atoms with Crippen LogP contribution in [-0.4, -0.2) is 138 Å².